The Morgan fingerprint density at radius 3 is 1.78 bits per heavy atom. The molecule has 0 amide bonds. The molecule has 1 fully saturated rings. The van der Waals surface area contributed by atoms with Crippen LogP contribution >= 0.6 is 0 Å². The van der Waals surface area contributed by atoms with E-state index in [4.69, 9.17) is 15.3 Å². The van der Waals surface area contributed by atoms with Gasteiger partial charge in [0.2, 0.25) is 0 Å². The van der Waals surface area contributed by atoms with E-state index in [1.165, 1.54) is 0 Å². The number of rotatable bonds is 0. The smallest absolute Gasteiger partial charge is 0.183 e. The maximum absolute atomic E-state index is 8.90. The average Bonchev–Trinajstić information content (AvgIpc) is 1.98. The summed E-state index contributed by atoms with van der Waals surface area (Å²) in [5.74, 6) is 0. The molecule has 4 heteroatoms. The highest BCUT2D eigenvalue weighted by atomic mass is 16.6. The zero-order valence-corrected chi connectivity index (χ0v) is 5.06. The zero-order chi connectivity index (χ0) is 7.02. The summed E-state index contributed by atoms with van der Waals surface area (Å²) in [5.41, 5.74) is 0. The molecule has 4 nitrogen and oxygen atoms in total. The van der Waals surface area contributed by atoms with Gasteiger partial charge in [0.15, 0.2) is 6.29 Å². The van der Waals surface area contributed by atoms with E-state index in [0.717, 1.165) is 0 Å². The van der Waals surface area contributed by atoms with E-state index in [9.17, 15) is 0 Å². The van der Waals surface area contributed by atoms with Crippen LogP contribution in [0.15, 0.2) is 0 Å². The van der Waals surface area contributed by atoms with Gasteiger partial charge in [-0.25, -0.2) is 0 Å². The minimum atomic E-state index is -1.23. The molecule has 3 N–H and O–H groups in total. The Morgan fingerprint density at radius 1 is 1.11 bits per heavy atom. The minimum Gasteiger partial charge on any atom is -0.388 e. The van der Waals surface area contributed by atoms with Crippen LogP contribution in [0.5, 0.6) is 0 Å². The second-order valence-corrected chi connectivity index (χ2v) is 2.21. The summed E-state index contributed by atoms with van der Waals surface area (Å²) in [6.07, 6.45) is -3.81. The highest BCUT2D eigenvalue weighted by Gasteiger charge is 2.38. The predicted molar refractivity (Wildman–Crippen MR) is 28.6 cm³/mol. The fourth-order valence-electron chi connectivity index (χ4n) is 0.827. The lowest BCUT2D eigenvalue weighted by Gasteiger charge is -2.07. The van der Waals surface area contributed by atoms with Gasteiger partial charge in [-0.1, -0.05) is 0 Å². The molecule has 1 heterocycles. The molecule has 1 rings (SSSR count). The summed E-state index contributed by atoms with van der Waals surface area (Å²) in [6, 6.07) is 0. The minimum absolute atomic E-state index is 0.477. The van der Waals surface area contributed by atoms with Crippen LogP contribution in [0.3, 0.4) is 0 Å². The number of hydrogen-bond donors (Lipinski definition) is 3. The Labute approximate surface area is 52.7 Å². The van der Waals surface area contributed by atoms with Gasteiger partial charge in [0, 0.05) is 0 Å². The quantitative estimate of drug-likeness (QED) is 0.375. The lowest BCUT2D eigenvalue weighted by molar-refractivity contribution is -0.124. The topological polar surface area (TPSA) is 69.9 Å². The van der Waals surface area contributed by atoms with Gasteiger partial charge in [-0.2, -0.15) is 0 Å². The third kappa shape index (κ3) is 1.07. The van der Waals surface area contributed by atoms with Crippen LogP contribution in [0.25, 0.3) is 0 Å². The molecule has 0 radical (unpaired) electrons. The molecule has 9 heavy (non-hydrogen) atoms. The van der Waals surface area contributed by atoms with Gasteiger partial charge in [-0.05, 0) is 6.92 Å². The van der Waals surface area contributed by atoms with Crippen LogP contribution in [0.1, 0.15) is 6.92 Å². The van der Waals surface area contributed by atoms with Gasteiger partial charge >= 0.3 is 0 Å². The van der Waals surface area contributed by atoms with Crippen molar-refractivity contribution in [3.8, 4) is 0 Å². The second-order valence-electron chi connectivity index (χ2n) is 2.21. The molecule has 54 valence electrons. The van der Waals surface area contributed by atoms with E-state index in [-0.39, 0.29) is 0 Å². The maximum atomic E-state index is 8.90. The summed E-state index contributed by atoms with van der Waals surface area (Å²) in [7, 11) is 0. The Hall–Kier alpha value is -0.160. The first-order valence-corrected chi connectivity index (χ1v) is 2.82. The summed E-state index contributed by atoms with van der Waals surface area (Å²) in [4.78, 5) is 0. The Balaban J connectivity index is 2.54. The molecular weight excluding hydrogens is 124 g/mol. The van der Waals surface area contributed by atoms with Gasteiger partial charge in [0.25, 0.3) is 0 Å². The van der Waals surface area contributed by atoms with Crippen LogP contribution in [0.2, 0.25) is 0 Å². The van der Waals surface area contributed by atoms with Crippen molar-refractivity contribution in [3.63, 3.8) is 0 Å². The molecule has 1 unspecified atom stereocenters. The summed E-state index contributed by atoms with van der Waals surface area (Å²) >= 11 is 0. The number of ether oxygens (including phenoxy) is 1. The molecule has 0 aromatic carbocycles. The standard InChI is InChI=1S/C5H10O4/c1-2-3(6)4(7)5(8)9-2/h2-8H,1H3/t2-,3?,4-,5-/m1/s1. The van der Waals surface area contributed by atoms with Crippen LogP contribution in [-0.2, 0) is 4.74 Å². The van der Waals surface area contributed by atoms with Crippen molar-refractivity contribution in [2.75, 3.05) is 0 Å². The van der Waals surface area contributed by atoms with Crippen molar-refractivity contribution in [1.29, 1.82) is 0 Å². The van der Waals surface area contributed by atoms with Gasteiger partial charge in [0.05, 0.1) is 6.10 Å². The summed E-state index contributed by atoms with van der Waals surface area (Å²) in [5, 5.41) is 26.4. The van der Waals surface area contributed by atoms with Crippen molar-refractivity contribution in [2.45, 2.75) is 31.5 Å². The predicted octanol–water partition coefficient (Wildman–Crippen LogP) is -1.55. The molecule has 0 aliphatic carbocycles. The first kappa shape index (κ1) is 6.95. The van der Waals surface area contributed by atoms with Gasteiger partial charge in [-0.3, -0.25) is 0 Å². The van der Waals surface area contributed by atoms with Gasteiger partial charge < -0.3 is 20.1 Å². The third-order valence-corrected chi connectivity index (χ3v) is 1.48. The van der Waals surface area contributed by atoms with E-state index in [1.807, 2.05) is 0 Å². The first-order chi connectivity index (χ1) is 4.13. The fourth-order valence-corrected chi connectivity index (χ4v) is 0.827. The van der Waals surface area contributed by atoms with Crippen molar-refractivity contribution < 1.29 is 20.1 Å². The van der Waals surface area contributed by atoms with E-state index < -0.39 is 24.6 Å². The van der Waals surface area contributed by atoms with Crippen molar-refractivity contribution in [1.82, 2.24) is 0 Å². The molecule has 0 aromatic rings. The lowest BCUT2D eigenvalue weighted by atomic mass is 10.2. The molecule has 0 spiro atoms. The molecule has 0 saturated carbocycles. The monoisotopic (exact) mass is 134 g/mol. The molecule has 4 atom stereocenters. The van der Waals surface area contributed by atoms with Crippen LogP contribution in [0, 0.1) is 0 Å². The van der Waals surface area contributed by atoms with Crippen LogP contribution in [-0.4, -0.2) is 39.9 Å². The highest BCUT2D eigenvalue weighted by molar-refractivity contribution is 4.82. The number of aliphatic hydroxyl groups is 3. The van der Waals surface area contributed by atoms with Crippen molar-refractivity contribution in [2.24, 2.45) is 0 Å². The van der Waals surface area contributed by atoms with E-state index >= 15 is 0 Å². The maximum Gasteiger partial charge on any atom is 0.183 e. The first-order valence-electron chi connectivity index (χ1n) is 2.82. The Kier molecular flexibility index (Phi) is 1.72. The van der Waals surface area contributed by atoms with Gasteiger partial charge in [-0.15, -0.1) is 0 Å². The molecular formula is C5H10O4. The lowest BCUT2D eigenvalue weighted by Crippen LogP contribution is -2.31. The number of hydrogen-bond acceptors (Lipinski definition) is 4. The Morgan fingerprint density at radius 2 is 1.67 bits per heavy atom. The van der Waals surface area contributed by atoms with Gasteiger partial charge in [0.1, 0.15) is 12.2 Å². The number of aliphatic hydroxyl groups excluding tert-OH is 3. The normalized spacial score (nSPS) is 52.0. The van der Waals surface area contributed by atoms with Crippen molar-refractivity contribution >= 4 is 0 Å². The van der Waals surface area contributed by atoms with E-state index in [2.05, 4.69) is 4.74 Å². The Bertz CT molecular complexity index is 93.1. The summed E-state index contributed by atoms with van der Waals surface area (Å²) in [6.45, 7) is 1.59. The molecule has 1 aliphatic heterocycles. The third-order valence-electron chi connectivity index (χ3n) is 1.48. The molecule has 1 saturated heterocycles. The highest BCUT2D eigenvalue weighted by Crippen LogP contribution is 2.18. The van der Waals surface area contributed by atoms with E-state index in [1.54, 1.807) is 6.92 Å². The zero-order valence-electron chi connectivity index (χ0n) is 5.06. The van der Waals surface area contributed by atoms with Crippen LogP contribution in [0.4, 0.5) is 0 Å². The fraction of sp³-hybridized carbons (Fsp3) is 1.00. The van der Waals surface area contributed by atoms with E-state index in [0.29, 0.717) is 0 Å². The molecule has 0 bridgehead atoms. The second kappa shape index (κ2) is 2.22. The largest absolute Gasteiger partial charge is 0.388 e. The summed E-state index contributed by atoms with van der Waals surface area (Å²) < 4.78 is 4.64. The van der Waals surface area contributed by atoms with Crippen LogP contribution < -0.4 is 0 Å². The van der Waals surface area contributed by atoms with Crippen molar-refractivity contribution in [3.05, 3.63) is 0 Å². The molecule has 0 aromatic heterocycles. The average molecular weight is 134 g/mol. The SMILES string of the molecule is C[C@H]1O[C@@H](O)[C@H](O)C1O. The molecule has 1 aliphatic rings.